The van der Waals surface area contributed by atoms with Gasteiger partial charge in [-0.25, -0.2) is 9.37 Å². The second kappa shape index (κ2) is 4.38. The number of rotatable bonds is 3. The number of nitrogens with two attached hydrogens (primary N) is 1. The molecule has 0 spiro atoms. The normalized spacial score (nSPS) is 10.2. The minimum absolute atomic E-state index is 0.196. The van der Waals surface area contributed by atoms with E-state index in [1.165, 1.54) is 12.1 Å². The summed E-state index contributed by atoms with van der Waals surface area (Å²) in [5.41, 5.74) is 5.96. The largest absolute Gasteiger partial charge is 0.330 e. The van der Waals surface area contributed by atoms with Crippen molar-refractivity contribution in [1.29, 1.82) is 0 Å². The van der Waals surface area contributed by atoms with Crippen LogP contribution in [-0.4, -0.2) is 11.5 Å². The third-order valence-electron chi connectivity index (χ3n) is 1.45. The number of aryl methyl sites for hydroxylation is 1. The summed E-state index contributed by atoms with van der Waals surface area (Å²) in [6, 6.07) is 2.56. The van der Waals surface area contributed by atoms with Gasteiger partial charge in [0.1, 0.15) is 11.0 Å². The minimum Gasteiger partial charge on any atom is -0.330 e. The lowest BCUT2D eigenvalue weighted by atomic mass is 10.2. The maximum absolute atomic E-state index is 12.7. The SMILES string of the molecule is NCCCc1cc(F)cc(Cl)n1. The van der Waals surface area contributed by atoms with E-state index in [1.807, 2.05) is 0 Å². The Kier molecular flexibility index (Phi) is 3.44. The van der Waals surface area contributed by atoms with Crippen LogP contribution in [0.15, 0.2) is 12.1 Å². The molecule has 1 aromatic heterocycles. The van der Waals surface area contributed by atoms with Crippen molar-refractivity contribution in [2.75, 3.05) is 6.54 Å². The molecule has 0 saturated heterocycles. The minimum atomic E-state index is -0.345. The fraction of sp³-hybridized carbons (Fsp3) is 0.375. The van der Waals surface area contributed by atoms with E-state index in [1.54, 1.807) is 0 Å². The first kappa shape index (κ1) is 9.42. The average molecular weight is 189 g/mol. The highest BCUT2D eigenvalue weighted by Crippen LogP contribution is 2.10. The summed E-state index contributed by atoms with van der Waals surface area (Å²) in [5, 5.41) is 0.196. The number of hydrogen-bond acceptors (Lipinski definition) is 2. The molecule has 0 atom stereocenters. The zero-order valence-electron chi connectivity index (χ0n) is 6.56. The lowest BCUT2D eigenvalue weighted by molar-refractivity contribution is 0.620. The van der Waals surface area contributed by atoms with Gasteiger partial charge < -0.3 is 5.73 Å². The van der Waals surface area contributed by atoms with Crippen molar-refractivity contribution in [3.8, 4) is 0 Å². The molecule has 2 N–H and O–H groups in total. The molecule has 0 aliphatic heterocycles. The molecule has 0 aliphatic carbocycles. The van der Waals surface area contributed by atoms with Gasteiger partial charge in [0.25, 0.3) is 0 Å². The Bertz CT molecular complexity index is 245. The summed E-state index contributed by atoms with van der Waals surface area (Å²) in [7, 11) is 0. The molecule has 4 heteroatoms. The van der Waals surface area contributed by atoms with Gasteiger partial charge in [0.15, 0.2) is 0 Å². The zero-order chi connectivity index (χ0) is 8.97. The van der Waals surface area contributed by atoms with E-state index < -0.39 is 0 Å². The first-order valence-electron chi connectivity index (χ1n) is 3.74. The van der Waals surface area contributed by atoms with Gasteiger partial charge >= 0.3 is 0 Å². The number of nitrogens with zero attached hydrogens (tertiary/aromatic N) is 1. The van der Waals surface area contributed by atoms with Gasteiger partial charge in [-0.15, -0.1) is 0 Å². The summed E-state index contributed by atoms with van der Waals surface area (Å²) in [6.07, 6.45) is 1.47. The first-order chi connectivity index (χ1) is 5.72. The Morgan fingerprint density at radius 2 is 2.25 bits per heavy atom. The molecular formula is C8H10ClFN2. The molecule has 1 aromatic rings. The third kappa shape index (κ3) is 2.75. The van der Waals surface area contributed by atoms with Crippen LogP contribution in [0.2, 0.25) is 5.15 Å². The quantitative estimate of drug-likeness (QED) is 0.735. The van der Waals surface area contributed by atoms with Crippen LogP contribution in [0.25, 0.3) is 0 Å². The molecule has 1 heterocycles. The van der Waals surface area contributed by atoms with Gasteiger partial charge in [-0.3, -0.25) is 0 Å². The maximum atomic E-state index is 12.7. The van der Waals surface area contributed by atoms with Crippen molar-refractivity contribution < 1.29 is 4.39 Å². The van der Waals surface area contributed by atoms with E-state index in [0.717, 1.165) is 6.42 Å². The van der Waals surface area contributed by atoms with Gasteiger partial charge in [0.2, 0.25) is 0 Å². The van der Waals surface area contributed by atoms with E-state index in [0.29, 0.717) is 18.7 Å². The van der Waals surface area contributed by atoms with Gasteiger partial charge in [0.05, 0.1) is 0 Å². The summed E-state index contributed by atoms with van der Waals surface area (Å²) in [4.78, 5) is 3.94. The van der Waals surface area contributed by atoms with Crippen LogP contribution in [0, 0.1) is 5.82 Å². The number of pyridine rings is 1. The van der Waals surface area contributed by atoms with E-state index in [9.17, 15) is 4.39 Å². The summed E-state index contributed by atoms with van der Waals surface area (Å²) < 4.78 is 12.7. The molecule has 0 aromatic carbocycles. The molecule has 12 heavy (non-hydrogen) atoms. The first-order valence-corrected chi connectivity index (χ1v) is 4.12. The topological polar surface area (TPSA) is 38.9 Å². The molecule has 0 saturated carbocycles. The second-order valence-electron chi connectivity index (χ2n) is 2.49. The van der Waals surface area contributed by atoms with Crippen molar-refractivity contribution in [1.82, 2.24) is 4.98 Å². The molecule has 0 aliphatic rings. The van der Waals surface area contributed by atoms with Crippen LogP contribution in [0.4, 0.5) is 4.39 Å². The molecule has 2 nitrogen and oxygen atoms in total. The van der Waals surface area contributed by atoms with Gasteiger partial charge in [0, 0.05) is 11.8 Å². The highest BCUT2D eigenvalue weighted by Gasteiger charge is 1.99. The Labute approximate surface area is 75.6 Å². The lowest BCUT2D eigenvalue weighted by Crippen LogP contribution is -2.01. The maximum Gasteiger partial charge on any atom is 0.132 e. The number of halogens is 2. The van der Waals surface area contributed by atoms with E-state index in [-0.39, 0.29) is 11.0 Å². The van der Waals surface area contributed by atoms with Crippen LogP contribution in [0.5, 0.6) is 0 Å². The summed E-state index contributed by atoms with van der Waals surface area (Å²) in [5.74, 6) is -0.345. The van der Waals surface area contributed by atoms with Crippen molar-refractivity contribution >= 4 is 11.6 Å². The van der Waals surface area contributed by atoms with E-state index >= 15 is 0 Å². The van der Waals surface area contributed by atoms with Gasteiger partial charge in [-0.05, 0) is 25.5 Å². The Morgan fingerprint density at radius 1 is 1.50 bits per heavy atom. The molecule has 0 fully saturated rings. The molecule has 0 radical (unpaired) electrons. The van der Waals surface area contributed by atoms with Crippen LogP contribution >= 0.6 is 11.6 Å². The molecular weight excluding hydrogens is 179 g/mol. The fourth-order valence-electron chi connectivity index (χ4n) is 0.928. The van der Waals surface area contributed by atoms with E-state index in [4.69, 9.17) is 17.3 Å². The Hall–Kier alpha value is -0.670. The molecule has 66 valence electrons. The standard InChI is InChI=1S/C8H10ClFN2/c9-8-5-6(10)4-7(12-8)2-1-3-11/h4-5H,1-3,11H2. The van der Waals surface area contributed by atoms with Crippen molar-refractivity contribution in [3.63, 3.8) is 0 Å². The van der Waals surface area contributed by atoms with Gasteiger partial charge in [-0.1, -0.05) is 11.6 Å². The van der Waals surface area contributed by atoms with Crippen molar-refractivity contribution in [2.45, 2.75) is 12.8 Å². The molecule has 1 rings (SSSR count). The third-order valence-corrected chi connectivity index (χ3v) is 1.64. The Morgan fingerprint density at radius 3 is 2.83 bits per heavy atom. The second-order valence-corrected chi connectivity index (χ2v) is 2.88. The predicted molar refractivity (Wildman–Crippen MR) is 46.6 cm³/mol. The van der Waals surface area contributed by atoms with Crippen molar-refractivity contribution in [3.05, 3.63) is 28.8 Å². The zero-order valence-corrected chi connectivity index (χ0v) is 7.31. The van der Waals surface area contributed by atoms with E-state index in [2.05, 4.69) is 4.98 Å². The van der Waals surface area contributed by atoms with Gasteiger partial charge in [-0.2, -0.15) is 0 Å². The van der Waals surface area contributed by atoms with Crippen LogP contribution in [0.1, 0.15) is 12.1 Å². The molecule has 0 amide bonds. The summed E-state index contributed by atoms with van der Waals surface area (Å²) >= 11 is 5.55. The Balaban J connectivity index is 2.72. The molecule has 0 bridgehead atoms. The van der Waals surface area contributed by atoms with Crippen LogP contribution in [-0.2, 0) is 6.42 Å². The van der Waals surface area contributed by atoms with Crippen LogP contribution < -0.4 is 5.73 Å². The average Bonchev–Trinajstić information content (AvgIpc) is 1.99. The highest BCUT2D eigenvalue weighted by molar-refractivity contribution is 6.29. The number of hydrogen-bond donors (Lipinski definition) is 1. The summed E-state index contributed by atoms with van der Waals surface area (Å²) in [6.45, 7) is 0.579. The lowest BCUT2D eigenvalue weighted by Gasteiger charge is -1.99. The van der Waals surface area contributed by atoms with Crippen LogP contribution in [0.3, 0.4) is 0 Å². The van der Waals surface area contributed by atoms with Crippen molar-refractivity contribution in [2.24, 2.45) is 5.73 Å². The molecule has 0 unspecified atom stereocenters. The predicted octanol–water partition coefficient (Wildman–Crippen LogP) is 1.77. The monoisotopic (exact) mass is 188 g/mol. The number of aromatic nitrogens is 1. The highest BCUT2D eigenvalue weighted by atomic mass is 35.5. The fourth-order valence-corrected chi connectivity index (χ4v) is 1.14. The smallest absolute Gasteiger partial charge is 0.132 e.